The molecule has 6 nitrogen and oxygen atoms in total. The number of non-ortho nitro benzene ring substituents is 1. The lowest BCUT2D eigenvalue weighted by Gasteiger charge is -2.19. The number of benzene rings is 2. The summed E-state index contributed by atoms with van der Waals surface area (Å²) in [5.41, 5.74) is 3.18. The molecule has 2 rings (SSSR count). The minimum atomic E-state index is -0.681. The highest BCUT2D eigenvalue weighted by Gasteiger charge is 2.21. The van der Waals surface area contributed by atoms with Gasteiger partial charge in [-0.05, 0) is 49.9 Å². The number of ether oxygens (including phenoxy) is 1. The molecule has 25 heavy (non-hydrogen) atoms. The molecule has 0 saturated carbocycles. The van der Waals surface area contributed by atoms with Crippen molar-refractivity contribution in [3.05, 3.63) is 63.2 Å². The van der Waals surface area contributed by atoms with Gasteiger partial charge in [-0.25, -0.2) is 0 Å². The Kier molecular flexibility index (Phi) is 5.75. The molecule has 0 heterocycles. The Morgan fingerprint density at radius 2 is 1.92 bits per heavy atom. The van der Waals surface area contributed by atoms with Crippen LogP contribution in [0.1, 0.15) is 30.0 Å². The molecule has 0 fully saturated rings. The summed E-state index contributed by atoms with van der Waals surface area (Å²) in [6, 6.07) is 10.1. The zero-order valence-corrected chi connectivity index (χ0v) is 14.8. The Morgan fingerprint density at radius 1 is 1.20 bits per heavy atom. The number of hydrogen-bond donors (Lipinski definition) is 1. The molecule has 2 aromatic rings. The van der Waals surface area contributed by atoms with Gasteiger partial charge in [0.05, 0.1) is 10.6 Å². The third-order valence-electron chi connectivity index (χ3n) is 4.18. The maximum atomic E-state index is 12.6. The Morgan fingerprint density at radius 3 is 2.56 bits per heavy atom. The average Bonchev–Trinajstić information content (AvgIpc) is 2.57. The van der Waals surface area contributed by atoms with Gasteiger partial charge in [0.1, 0.15) is 5.75 Å². The van der Waals surface area contributed by atoms with Crippen LogP contribution in [0.3, 0.4) is 0 Å². The maximum absolute atomic E-state index is 12.6. The van der Waals surface area contributed by atoms with Crippen LogP contribution in [0.25, 0.3) is 0 Å². The lowest BCUT2D eigenvalue weighted by Crippen LogP contribution is -2.32. The fourth-order valence-electron chi connectivity index (χ4n) is 2.40. The van der Waals surface area contributed by atoms with Crippen molar-refractivity contribution in [2.75, 3.05) is 5.32 Å². The molecular weight excluding hydrogens is 320 g/mol. The van der Waals surface area contributed by atoms with E-state index in [0.29, 0.717) is 17.9 Å². The smallest absolute Gasteiger partial charge is 0.271 e. The number of amides is 1. The minimum Gasteiger partial charge on any atom is -0.480 e. The van der Waals surface area contributed by atoms with Crippen LogP contribution in [0.4, 0.5) is 11.4 Å². The molecule has 0 radical (unpaired) electrons. The zero-order chi connectivity index (χ0) is 18.6. The molecule has 0 aliphatic heterocycles. The molecule has 1 N–H and O–H groups in total. The third kappa shape index (κ3) is 4.35. The fourth-order valence-corrected chi connectivity index (χ4v) is 2.40. The molecule has 1 amide bonds. The first-order chi connectivity index (χ1) is 11.8. The van der Waals surface area contributed by atoms with Crippen molar-refractivity contribution < 1.29 is 14.5 Å². The van der Waals surface area contributed by atoms with Crippen LogP contribution in [0.5, 0.6) is 5.75 Å². The SMILES string of the molecule is CC[C@H](Oc1cccc(C)c1C)C(=O)Nc1cc([N+](=O)[O-])ccc1C. The van der Waals surface area contributed by atoms with Gasteiger partial charge in [-0.1, -0.05) is 25.1 Å². The third-order valence-corrected chi connectivity index (χ3v) is 4.18. The van der Waals surface area contributed by atoms with E-state index in [9.17, 15) is 14.9 Å². The first-order valence-electron chi connectivity index (χ1n) is 8.12. The number of anilines is 1. The maximum Gasteiger partial charge on any atom is 0.271 e. The van der Waals surface area contributed by atoms with Gasteiger partial charge in [0.25, 0.3) is 11.6 Å². The second-order valence-corrected chi connectivity index (χ2v) is 5.96. The van der Waals surface area contributed by atoms with Gasteiger partial charge in [-0.2, -0.15) is 0 Å². The number of aryl methyl sites for hydroxylation is 2. The lowest BCUT2D eigenvalue weighted by atomic mass is 10.1. The van der Waals surface area contributed by atoms with Crippen molar-refractivity contribution >= 4 is 17.3 Å². The second-order valence-electron chi connectivity index (χ2n) is 5.96. The van der Waals surface area contributed by atoms with E-state index in [-0.39, 0.29) is 11.6 Å². The van der Waals surface area contributed by atoms with Crippen molar-refractivity contribution in [3.8, 4) is 5.75 Å². The van der Waals surface area contributed by atoms with Crippen LogP contribution >= 0.6 is 0 Å². The number of rotatable bonds is 6. The highest BCUT2D eigenvalue weighted by Crippen LogP contribution is 2.25. The van der Waals surface area contributed by atoms with Crippen LogP contribution in [-0.4, -0.2) is 16.9 Å². The number of nitro benzene ring substituents is 1. The predicted molar refractivity (Wildman–Crippen MR) is 97.1 cm³/mol. The largest absolute Gasteiger partial charge is 0.480 e. The zero-order valence-electron chi connectivity index (χ0n) is 14.8. The first-order valence-corrected chi connectivity index (χ1v) is 8.12. The molecular formula is C19H22N2O4. The van der Waals surface area contributed by atoms with Gasteiger partial charge in [0.2, 0.25) is 0 Å². The molecule has 0 aliphatic carbocycles. The summed E-state index contributed by atoms with van der Waals surface area (Å²) < 4.78 is 5.88. The molecule has 0 saturated heterocycles. The van der Waals surface area contributed by atoms with Crippen LogP contribution in [0, 0.1) is 30.9 Å². The summed E-state index contributed by atoms with van der Waals surface area (Å²) in [4.78, 5) is 23.0. The Bertz CT molecular complexity index is 802. The van der Waals surface area contributed by atoms with Crippen molar-refractivity contribution in [3.63, 3.8) is 0 Å². The van der Waals surface area contributed by atoms with Crippen LogP contribution in [-0.2, 0) is 4.79 Å². The van der Waals surface area contributed by atoms with Gasteiger partial charge >= 0.3 is 0 Å². The molecule has 0 bridgehead atoms. The van der Waals surface area contributed by atoms with Crippen LogP contribution in [0.2, 0.25) is 0 Å². The molecule has 0 aromatic heterocycles. The van der Waals surface area contributed by atoms with Gasteiger partial charge in [-0.15, -0.1) is 0 Å². The summed E-state index contributed by atoms with van der Waals surface area (Å²) in [6.45, 7) is 7.57. The highest BCUT2D eigenvalue weighted by atomic mass is 16.6. The number of nitro groups is 1. The van der Waals surface area contributed by atoms with Gasteiger partial charge in [0.15, 0.2) is 6.10 Å². The Labute approximate surface area is 147 Å². The Hall–Kier alpha value is -2.89. The molecule has 6 heteroatoms. The second kappa shape index (κ2) is 7.79. The molecule has 1 atom stereocenters. The summed E-state index contributed by atoms with van der Waals surface area (Å²) in [5.74, 6) is 0.338. The number of hydrogen-bond acceptors (Lipinski definition) is 4. The van der Waals surface area contributed by atoms with E-state index in [1.165, 1.54) is 12.1 Å². The topological polar surface area (TPSA) is 81.5 Å². The summed E-state index contributed by atoms with van der Waals surface area (Å²) >= 11 is 0. The highest BCUT2D eigenvalue weighted by molar-refractivity contribution is 5.95. The quantitative estimate of drug-likeness (QED) is 0.626. The van der Waals surface area contributed by atoms with E-state index in [2.05, 4.69) is 5.32 Å². The molecule has 0 spiro atoms. The number of nitrogens with zero attached hydrogens (tertiary/aromatic N) is 1. The minimum absolute atomic E-state index is 0.0654. The van der Waals surface area contributed by atoms with E-state index in [1.54, 1.807) is 13.0 Å². The van der Waals surface area contributed by atoms with E-state index < -0.39 is 11.0 Å². The van der Waals surface area contributed by atoms with Crippen LogP contribution in [0.15, 0.2) is 36.4 Å². The number of carbonyl (C=O) groups excluding carboxylic acids is 1. The summed E-state index contributed by atoms with van der Waals surface area (Å²) in [5, 5.41) is 13.7. The fraction of sp³-hybridized carbons (Fsp3) is 0.316. The van der Waals surface area contributed by atoms with Gasteiger partial charge < -0.3 is 10.1 Å². The summed E-state index contributed by atoms with van der Waals surface area (Å²) in [6.07, 6.45) is -0.202. The Balaban J connectivity index is 2.19. The normalized spacial score (nSPS) is 11.7. The van der Waals surface area contributed by atoms with Crippen molar-refractivity contribution in [2.24, 2.45) is 0 Å². The molecule has 0 unspecified atom stereocenters. The van der Waals surface area contributed by atoms with E-state index >= 15 is 0 Å². The van der Waals surface area contributed by atoms with Crippen molar-refractivity contribution in [2.45, 2.75) is 40.2 Å². The predicted octanol–water partition coefficient (Wildman–Crippen LogP) is 4.32. The molecule has 0 aliphatic rings. The summed E-state index contributed by atoms with van der Waals surface area (Å²) in [7, 11) is 0. The standard InChI is InChI=1S/C19H22N2O4/c1-5-17(25-18-8-6-7-12(2)14(18)4)19(22)20-16-11-15(21(23)24)10-9-13(16)3/h6-11,17H,5H2,1-4H3,(H,20,22)/t17-/m0/s1. The molecule has 132 valence electrons. The number of nitrogens with one attached hydrogen (secondary N) is 1. The molecule has 2 aromatic carbocycles. The first kappa shape index (κ1) is 18.4. The van der Waals surface area contributed by atoms with Crippen molar-refractivity contribution in [1.29, 1.82) is 0 Å². The van der Waals surface area contributed by atoms with Crippen LogP contribution < -0.4 is 10.1 Å². The van der Waals surface area contributed by atoms with E-state index in [4.69, 9.17) is 4.74 Å². The van der Waals surface area contributed by atoms with E-state index in [1.807, 2.05) is 39.0 Å². The van der Waals surface area contributed by atoms with E-state index in [0.717, 1.165) is 16.7 Å². The van der Waals surface area contributed by atoms with Gasteiger partial charge in [-0.3, -0.25) is 14.9 Å². The average molecular weight is 342 g/mol. The van der Waals surface area contributed by atoms with Crippen molar-refractivity contribution in [1.82, 2.24) is 0 Å². The lowest BCUT2D eigenvalue weighted by molar-refractivity contribution is -0.384. The number of carbonyl (C=O) groups is 1. The van der Waals surface area contributed by atoms with Gasteiger partial charge in [0, 0.05) is 12.1 Å². The monoisotopic (exact) mass is 342 g/mol.